The summed E-state index contributed by atoms with van der Waals surface area (Å²) in [4.78, 5) is 30.2. The van der Waals surface area contributed by atoms with E-state index in [0.717, 1.165) is 35.3 Å². The second-order valence-electron chi connectivity index (χ2n) is 9.22. The molecule has 0 saturated carbocycles. The molecule has 3 rings (SSSR count). The molecule has 0 unspecified atom stereocenters. The number of nitriles is 1. The molecule has 0 aliphatic heterocycles. The van der Waals surface area contributed by atoms with E-state index in [2.05, 4.69) is 20.3 Å². The van der Waals surface area contributed by atoms with Crippen LogP contribution < -0.4 is 15.4 Å². The van der Waals surface area contributed by atoms with Gasteiger partial charge in [-0.3, -0.25) is 14.3 Å². The summed E-state index contributed by atoms with van der Waals surface area (Å²) in [5.74, 6) is -3.33. The van der Waals surface area contributed by atoms with Crippen molar-refractivity contribution in [3.63, 3.8) is 0 Å². The van der Waals surface area contributed by atoms with Crippen LogP contribution in [0.2, 0.25) is 0 Å². The molecule has 0 bridgehead atoms. The number of thiazole rings is 1. The van der Waals surface area contributed by atoms with E-state index >= 15 is 0 Å². The summed E-state index contributed by atoms with van der Waals surface area (Å²) in [6, 6.07) is 12.3. The van der Waals surface area contributed by atoms with E-state index in [0.29, 0.717) is 6.07 Å². The Morgan fingerprint density at radius 3 is 2.48 bits per heavy atom. The first-order chi connectivity index (χ1) is 19.9. The Kier molecular flexibility index (Phi) is 11.9. The van der Waals surface area contributed by atoms with Crippen LogP contribution in [0.25, 0.3) is 0 Å². The zero-order chi connectivity index (χ0) is 30.7. The molecular formula is C27H29F2N5O6S2. The highest BCUT2D eigenvalue weighted by Crippen LogP contribution is 2.19. The Labute approximate surface area is 245 Å². The van der Waals surface area contributed by atoms with Crippen LogP contribution in [0, 0.1) is 23.0 Å². The number of unbranched alkanes of at least 4 members (excludes halogenated alkanes) is 1. The quantitative estimate of drug-likeness (QED) is 0.188. The number of benzene rings is 2. The van der Waals surface area contributed by atoms with Gasteiger partial charge in [-0.15, -0.1) is 11.3 Å². The molecule has 0 aliphatic carbocycles. The lowest BCUT2D eigenvalue weighted by Crippen LogP contribution is -2.55. The van der Waals surface area contributed by atoms with Gasteiger partial charge in [-0.2, -0.15) is 5.26 Å². The Morgan fingerprint density at radius 1 is 1.14 bits per heavy atom. The number of nitrogens with zero attached hydrogens (tertiary/aromatic N) is 2. The van der Waals surface area contributed by atoms with Gasteiger partial charge in [-0.1, -0.05) is 30.3 Å². The number of anilines is 1. The second-order valence-corrected chi connectivity index (χ2v) is 11.8. The third-order valence-electron chi connectivity index (χ3n) is 5.72. The molecule has 0 aliphatic rings. The van der Waals surface area contributed by atoms with Crippen molar-refractivity contribution in [1.82, 2.24) is 15.6 Å². The van der Waals surface area contributed by atoms with E-state index in [1.54, 1.807) is 30.3 Å². The molecule has 1 heterocycles. The van der Waals surface area contributed by atoms with Crippen LogP contribution in [-0.4, -0.2) is 61.4 Å². The number of ether oxygens (including phenoxy) is 1. The predicted molar refractivity (Wildman–Crippen MR) is 151 cm³/mol. The minimum atomic E-state index is -3.66. The largest absolute Gasteiger partial charge is 0.388 e. The summed E-state index contributed by atoms with van der Waals surface area (Å²) in [6.45, 7) is 0.0292. The lowest BCUT2D eigenvalue weighted by Gasteiger charge is -2.30. The molecule has 0 spiro atoms. The van der Waals surface area contributed by atoms with Crippen molar-refractivity contribution in [3.05, 3.63) is 82.4 Å². The van der Waals surface area contributed by atoms with E-state index in [1.165, 1.54) is 5.38 Å². The molecule has 0 radical (unpaired) electrons. The molecule has 4 N–H and O–H groups in total. The normalized spacial score (nSPS) is 13.4. The van der Waals surface area contributed by atoms with Gasteiger partial charge in [0.1, 0.15) is 23.4 Å². The van der Waals surface area contributed by atoms with Gasteiger partial charge < -0.3 is 20.5 Å². The van der Waals surface area contributed by atoms with E-state index in [-0.39, 0.29) is 48.8 Å². The maximum absolute atomic E-state index is 14.0. The molecule has 2 aromatic carbocycles. The van der Waals surface area contributed by atoms with E-state index < -0.39 is 51.7 Å². The highest BCUT2D eigenvalue weighted by Gasteiger charge is 2.35. The summed E-state index contributed by atoms with van der Waals surface area (Å²) >= 11 is 0.840. The maximum Gasteiger partial charge on any atom is 0.271 e. The molecule has 1 aromatic heterocycles. The molecule has 42 heavy (non-hydrogen) atoms. The maximum atomic E-state index is 14.0. The molecule has 3 aromatic rings. The Hall–Kier alpha value is -3.97. The topological polar surface area (TPSA) is 171 Å². The molecule has 224 valence electrons. The molecular weight excluding hydrogens is 592 g/mol. The van der Waals surface area contributed by atoms with E-state index in [9.17, 15) is 31.9 Å². The van der Waals surface area contributed by atoms with Gasteiger partial charge in [0.25, 0.3) is 11.8 Å². The number of amides is 2. The number of carbonyl (C=O) groups is 2. The van der Waals surface area contributed by atoms with Crippen LogP contribution in [0.3, 0.4) is 0 Å². The van der Waals surface area contributed by atoms with Gasteiger partial charge in [0.2, 0.25) is 10.0 Å². The van der Waals surface area contributed by atoms with Crippen LogP contribution >= 0.6 is 11.3 Å². The lowest BCUT2D eigenvalue weighted by atomic mass is 9.96. The first-order valence-corrected chi connectivity index (χ1v) is 15.4. The lowest BCUT2D eigenvalue weighted by molar-refractivity contribution is -0.142. The van der Waals surface area contributed by atoms with Crippen molar-refractivity contribution < 1.29 is 36.6 Å². The van der Waals surface area contributed by atoms with Gasteiger partial charge in [0.05, 0.1) is 18.4 Å². The van der Waals surface area contributed by atoms with Gasteiger partial charge in [-0.05, 0) is 36.1 Å². The van der Waals surface area contributed by atoms with Crippen LogP contribution in [0.15, 0.2) is 53.9 Å². The third kappa shape index (κ3) is 10.5. The number of sulfonamides is 1. The average Bonchev–Trinajstić information content (AvgIpc) is 3.38. The number of aliphatic hydroxyl groups is 1. The molecule has 2 amide bonds. The third-order valence-corrected chi connectivity index (χ3v) is 7.18. The summed E-state index contributed by atoms with van der Waals surface area (Å²) in [5.41, 5.74) is 0.641. The molecule has 3 atom stereocenters. The predicted octanol–water partition coefficient (Wildman–Crippen LogP) is 2.50. The first kappa shape index (κ1) is 32.5. The summed E-state index contributed by atoms with van der Waals surface area (Å²) in [7, 11) is -3.66. The minimum Gasteiger partial charge on any atom is -0.388 e. The molecule has 0 fully saturated rings. The molecule has 0 saturated heterocycles. The summed E-state index contributed by atoms with van der Waals surface area (Å²) in [6.07, 6.45) is -2.29. The van der Waals surface area contributed by atoms with Crippen molar-refractivity contribution in [2.45, 2.75) is 44.1 Å². The Bertz CT molecular complexity index is 1490. The standard InChI is InChI=1S/C27H29F2N5O6S2/c1-42(38,39)34-27-33-22(16-41-27)25(36)32-21(13-18-11-19(28)14-20(29)12-18)23(35)24(40-10-6-5-9-30)26(37)31-15-17-7-3-2-4-8-17/h2-4,7-8,11-12,14,16,21,23-24,35H,5-6,10,13,15H2,1H3,(H,31,37)(H,32,36)(H,33,34)/t21-,23+,24+/m0/s1. The SMILES string of the molecule is CS(=O)(=O)Nc1nc(C(=O)N[C@@H](Cc2cc(F)cc(F)c2)[C@@H](O)[C@@H](OCCCC#N)C(=O)NCc2ccccc2)cs1. The average molecular weight is 622 g/mol. The fourth-order valence-corrected chi connectivity index (χ4v) is 5.40. The number of hydrogen-bond donors (Lipinski definition) is 4. The van der Waals surface area contributed by atoms with Crippen molar-refractivity contribution in [2.24, 2.45) is 0 Å². The van der Waals surface area contributed by atoms with Crippen molar-refractivity contribution >= 4 is 38.3 Å². The summed E-state index contributed by atoms with van der Waals surface area (Å²) in [5, 5.41) is 26.6. The fraction of sp³-hybridized carbons (Fsp3) is 0.333. The number of hydrogen-bond acceptors (Lipinski definition) is 9. The van der Waals surface area contributed by atoms with Crippen LogP contribution in [0.1, 0.15) is 34.5 Å². The van der Waals surface area contributed by atoms with E-state index in [1.807, 2.05) is 6.07 Å². The van der Waals surface area contributed by atoms with Crippen LogP contribution in [-0.2, 0) is 32.5 Å². The van der Waals surface area contributed by atoms with Gasteiger partial charge in [0.15, 0.2) is 11.2 Å². The van der Waals surface area contributed by atoms with Crippen molar-refractivity contribution in [3.8, 4) is 6.07 Å². The van der Waals surface area contributed by atoms with E-state index in [4.69, 9.17) is 10.00 Å². The Morgan fingerprint density at radius 2 is 1.83 bits per heavy atom. The summed E-state index contributed by atoms with van der Waals surface area (Å²) < 4.78 is 58.8. The zero-order valence-electron chi connectivity index (χ0n) is 22.4. The zero-order valence-corrected chi connectivity index (χ0v) is 24.1. The highest BCUT2D eigenvalue weighted by atomic mass is 32.2. The van der Waals surface area contributed by atoms with Crippen molar-refractivity contribution in [1.29, 1.82) is 5.26 Å². The minimum absolute atomic E-state index is 0.0717. The van der Waals surface area contributed by atoms with Gasteiger partial charge >= 0.3 is 0 Å². The smallest absolute Gasteiger partial charge is 0.271 e. The van der Waals surface area contributed by atoms with Gasteiger partial charge in [-0.25, -0.2) is 22.2 Å². The fourth-order valence-electron chi connectivity index (χ4n) is 3.85. The number of halogens is 2. The van der Waals surface area contributed by atoms with Crippen molar-refractivity contribution in [2.75, 3.05) is 17.6 Å². The number of nitrogens with one attached hydrogen (secondary N) is 3. The van der Waals surface area contributed by atoms with Crippen LogP contribution in [0.4, 0.5) is 13.9 Å². The molecule has 11 nitrogen and oxygen atoms in total. The Balaban J connectivity index is 1.87. The monoisotopic (exact) mass is 621 g/mol. The second kappa shape index (κ2) is 15.3. The number of aliphatic hydroxyl groups excluding tert-OH is 1. The molecule has 15 heteroatoms. The number of aromatic nitrogens is 1. The number of carbonyl (C=O) groups excluding carboxylic acids is 2. The van der Waals surface area contributed by atoms with Crippen LogP contribution in [0.5, 0.6) is 0 Å². The van der Waals surface area contributed by atoms with Gasteiger partial charge in [0, 0.05) is 31.0 Å². The highest BCUT2D eigenvalue weighted by molar-refractivity contribution is 7.92. The number of rotatable bonds is 15. The first-order valence-electron chi connectivity index (χ1n) is 12.6.